The van der Waals surface area contributed by atoms with E-state index in [-0.39, 0.29) is 6.10 Å². The van der Waals surface area contributed by atoms with E-state index >= 15 is 0 Å². The number of hydrogen-bond acceptors (Lipinski definition) is 6. The smallest absolute Gasteiger partial charge is 0.198 e. The van der Waals surface area contributed by atoms with Gasteiger partial charge < -0.3 is 20.3 Å². The third-order valence-electron chi connectivity index (χ3n) is 3.42. The Bertz CT molecular complexity index is 419. The molecule has 1 aliphatic rings. The Balaban J connectivity index is 2.17. The lowest BCUT2D eigenvalue weighted by Gasteiger charge is -2.36. The molecule has 19 heavy (non-hydrogen) atoms. The Labute approximate surface area is 119 Å². The summed E-state index contributed by atoms with van der Waals surface area (Å²) < 4.78 is 10.1. The molecule has 0 amide bonds. The molecule has 108 valence electrons. The fraction of sp³-hybridized carbons (Fsp3) is 0.769. The lowest BCUT2D eigenvalue weighted by atomic mass is 10.1. The molecule has 1 aromatic rings. The van der Waals surface area contributed by atoms with Crippen molar-refractivity contribution in [2.75, 3.05) is 37.8 Å². The number of aromatic nitrogens is 1. The van der Waals surface area contributed by atoms with Gasteiger partial charge in [-0.25, -0.2) is 0 Å². The molecular weight excluding hydrogens is 260 g/mol. The van der Waals surface area contributed by atoms with E-state index in [1.54, 1.807) is 0 Å². The van der Waals surface area contributed by atoms with Crippen LogP contribution in [-0.4, -0.2) is 48.6 Å². The van der Waals surface area contributed by atoms with Gasteiger partial charge in [0.05, 0.1) is 6.10 Å². The van der Waals surface area contributed by atoms with Crippen molar-refractivity contribution < 1.29 is 4.74 Å². The second-order valence-corrected chi connectivity index (χ2v) is 6.33. The third-order valence-corrected chi connectivity index (χ3v) is 4.33. The van der Waals surface area contributed by atoms with E-state index in [4.69, 9.17) is 10.5 Å². The summed E-state index contributed by atoms with van der Waals surface area (Å²) in [6.07, 6.45) is 2.56. The van der Waals surface area contributed by atoms with Crippen molar-refractivity contribution in [3.8, 4) is 5.75 Å². The van der Waals surface area contributed by atoms with Crippen LogP contribution in [0.25, 0.3) is 0 Å². The fourth-order valence-corrected chi connectivity index (χ4v) is 3.18. The van der Waals surface area contributed by atoms with Gasteiger partial charge >= 0.3 is 0 Å². The molecule has 1 aliphatic heterocycles. The molecule has 0 bridgehead atoms. The average molecular weight is 284 g/mol. The second-order valence-electron chi connectivity index (χ2n) is 5.57. The first-order valence-electron chi connectivity index (χ1n) is 6.82. The van der Waals surface area contributed by atoms with Gasteiger partial charge in [0.15, 0.2) is 16.6 Å². The van der Waals surface area contributed by atoms with Crippen LogP contribution in [0.3, 0.4) is 0 Å². The molecule has 1 unspecified atom stereocenters. The zero-order valence-corrected chi connectivity index (χ0v) is 13.0. The molecule has 0 saturated carbocycles. The second kappa shape index (κ2) is 5.96. The minimum atomic E-state index is 0.117. The van der Waals surface area contributed by atoms with Gasteiger partial charge in [-0.15, -0.1) is 0 Å². The summed E-state index contributed by atoms with van der Waals surface area (Å²) in [5.74, 6) is 1.28. The topological polar surface area (TPSA) is 54.6 Å². The van der Waals surface area contributed by atoms with E-state index in [0.29, 0.717) is 11.9 Å². The van der Waals surface area contributed by atoms with Crippen molar-refractivity contribution in [1.82, 2.24) is 9.27 Å². The molecule has 5 nitrogen and oxygen atoms in total. The summed E-state index contributed by atoms with van der Waals surface area (Å²) >= 11 is 1.45. The van der Waals surface area contributed by atoms with Crippen LogP contribution in [0.15, 0.2) is 0 Å². The van der Waals surface area contributed by atoms with Gasteiger partial charge in [0.1, 0.15) is 0 Å². The fourth-order valence-electron chi connectivity index (χ4n) is 2.39. The van der Waals surface area contributed by atoms with Crippen LogP contribution in [0, 0.1) is 0 Å². The summed E-state index contributed by atoms with van der Waals surface area (Å²) in [5, 5.41) is 1.08. The number of piperidine rings is 1. The van der Waals surface area contributed by atoms with E-state index in [1.807, 2.05) is 13.8 Å². The lowest BCUT2D eigenvalue weighted by molar-refractivity contribution is 0.240. The summed E-state index contributed by atoms with van der Waals surface area (Å²) in [5.41, 5.74) is 5.93. The molecule has 1 atom stereocenters. The number of hydrogen-bond donors (Lipinski definition) is 1. The highest BCUT2D eigenvalue weighted by Gasteiger charge is 2.26. The van der Waals surface area contributed by atoms with Crippen molar-refractivity contribution in [3.63, 3.8) is 0 Å². The van der Waals surface area contributed by atoms with Crippen LogP contribution in [0.2, 0.25) is 0 Å². The lowest BCUT2D eigenvalue weighted by Crippen LogP contribution is -2.45. The number of rotatable bonds is 4. The Morgan fingerprint density at radius 1 is 1.47 bits per heavy atom. The van der Waals surface area contributed by atoms with Gasteiger partial charge in [0.25, 0.3) is 0 Å². The zero-order valence-electron chi connectivity index (χ0n) is 12.2. The van der Waals surface area contributed by atoms with Crippen LogP contribution < -0.4 is 15.4 Å². The average Bonchev–Trinajstić information content (AvgIpc) is 2.71. The predicted octanol–water partition coefficient (Wildman–Crippen LogP) is 2.04. The number of nitrogen functional groups attached to an aromatic ring is 1. The van der Waals surface area contributed by atoms with Crippen LogP contribution in [0.4, 0.5) is 10.8 Å². The quantitative estimate of drug-likeness (QED) is 0.917. The van der Waals surface area contributed by atoms with Gasteiger partial charge in [-0.2, -0.15) is 4.37 Å². The Kier molecular flexibility index (Phi) is 4.52. The minimum Gasteiger partial charge on any atom is -0.484 e. The van der Waals surface area contributed by atoms with Crippen LogP contribution in [-0.2, 0) is 0 Å². The molecule has 0 radical (unpaired) electrons. The van der Waals surface area contributed by atoms with E-state index in [1.165, 1.54) is 24.4 Å². The molecule has 1 fully saturated rings. The number of nitrogens with zero attached hydrogens (tertiary/aromatic N) is 3. The van der Waals surface area contributed by atoms with Crippen molar-refractivity contribution in [3.05, 3.63) is 0 Å². The van der Waals surface area contributed by atoms with E-state index in [0.717, 1.165) is 23.8 Å². The highest BCUT2D eigenvalue weighted by Crippen LogP contribution is 2.40. The minimum absolute atomic E-state index is 0.117. The maximum Gasteiger partial charge on any atom is 0.198 e. The SMILES string of the molecule is CC(C)Oc1c(N)nsc1N1CCCC(N(C)C)C1. The first kappa shape index (κ1) is 14.4. The summed E-state index contributed by atoms with van der Waals surface area (Å²) in [6.45, 7) is 6.10. The summed E-state index contributed by atoms with van der Waals surface area (Å²) in [4.78, 5) is 4.65. The van der Waals surface area contributed by atoms with Gasteiger partial charge in [-0.1, -0.05) is 0 Å². The predicted molar refractivity (Wildman–Crippen MR) is 81.2 cm³/mol. The van der Waals surface area contributed by atoms with Gasteiger partial charge in [-0.3, -0.25) is 0 Å². The maximum absolute atomic E-state index is 5.93. The molecule has 2 rings (SSSR count). The zero-order chi connectivity index (χ0) is 14.0. The Morgan fingerprint density at radius 2 is 2.21 bits per heavy atom. The van der Waals surface area contributed by atoms with Gasteiger partial charge in [-0.05, 0) is 52.3 Å². The third kappa shape index (κ3) is 3.30. The first-order chi connectivity index (χ1) is 8.99. The largest absolute Gasteiger partial charge is 0.484 e. The maximum atomic E-state index is 5.93. The number of anilines is 2. The van der Waals surface area contributed by atoms with Crippen molar-refractivity contribution >= 4 is 22.4 Å². The van der Waals surface area contributed by atoms with E-state index in [2.05, 4.69) is 28.3 Å². The van der Waals surface area contributed by atoms with Crippen LogP contribution >= 0.6 is 11.5 Å². The van der Waals surface area contributed by atoms with Crippen LogP contribution in [0.1, 0.15) is 26.7 Å². The highest BCUT2D eigenvalue weighted by atomic mass is 32.1. The number of likely N-dealkylation sites (N-methyl/N-ethyl adjacent to an activating group) is 1. The first-order valence-corrected chi connectivity index (χ1v) is 7.59. The molecule has 1 aromatic heterocycles. The normalized spacial score (nSPS) is 20.3. The van der Waals surface area contributed by atoms with Gasteiger partial charge in [0.2, 0.25) is 0 Å². The molecule has 2 N–H and O–H groups in total. The standard InChI is InChI=1S/C13H24N4OS/c1-9(2)18-11-12(14)15-19-13(11)17-7-5-6-10(8-17)16(3)4/h9-10H,5-8H2,1-4H3,(H2,14,15). The Morgan fingerprint density at radius 3 is 2.84 bits per heavy atom. The van der Waals surface area contributed by atoms with Gasteiger partial charge in [0, 0.05) is 19.1 Å². The Hall–Kier alpha value is -1.01. The van der Waals surface area contributed by atoms with E-state index < -0.39 is 0 Å². The molecule has 2 heterocycles. The molecule has 0 aromatic carbocycles. The molecule has 0 spiro atoms. The van der Waals surface area contributed by atoms with Crippen molar-refractivity contribution in [2.24, 2.45) is 0 Å². The number of ether oxygens (including phenoxy) is 1. The molecule has 1 saturated heterocycles. The van der Waals surface area contributed by atoms with Crippen molar-refractivity contribution in [1.29, 1.82) is 0 Å². The summed E-state index contributed by atoms with van der Waals surface area (Å²) in [6, 6.07) is 0.587. The monoisotopic (exact) mass is 284 g/mol. The molecule has 0 aliphatic carbocycles. The molecule has 6 heteroatoms. The van der Waals surface area contributed by atoms with Crippen LogP contribution in [0.5, 0.6) is 5.75 Å². The highest BCUT2D eigenvalue weighted by molar-refractivity contribution is 7.11. The molecular formula is C13H24N4OS. The van der Waals surface area contributed by atoms with Crippen molar-refractivity contribution in [2.45, 2.75) is 38.8 Å². The van der Waals surface area contributed by atoms with E-state index in [9.17, 15) is 0 Å². The number of nitrogens with two attached hydrogens (primary N) is 1. The summed E-state index contributed by atoms with van der Waals surface area (Å²) in [7, 11) is 4.28.